The summed E-state index contributed by atoms with van der Waals surface area (Å²) in [5.41, 5.74) is 2.07. The molecule has 0 saturated heterocycles. The number of benzene rings is 3. The van der Waals surface area contributed by atoms with E-state index in [1.807, 2.05) is 30.3 Å². The van der Waals surface area contributed by atoms with Crippen LogP contribution in [0.1, 0.15) is 15.9 Å². The van der Waals surface area contributed by atoms with Crippen molar-refractivity contribution in [1.29, 1.82) is 0 Å². The molecule has 0 aliphatic heterocycles. The Hall–Kier alpha value is -3.86. The van der Waals surface area contributed by atoms with Gasteiger partial charge in [-0.25, -0.2) is 4.79 Å². The lowest BCUT2D eigenvalue weighted by atomic mass is 10.1. The Morgan fingerprint density at radius 2 is 1.75 bits per heavy atom. The Morgan fingerprint density at radius 3 is 2.54 bits per heavy atom. The number of carboxylic acids is 1. The maximum absolute atomic E-state index is 12.4. The van der Waals surface area contributed by atoms with E-state index >= 15 is 0 Å². The van der Waals surface area contributed by atoms with Crippen LogP contribution in [0.2, 0.25) is 0 Å². The molecule has 5 nitrogen and oxygen atoms in total. The highest BCUT2D eigenvalue weighted by atomic mass is 16.5. The highest BCUT2D eigenvalue weighted by Crippen LogP contribution is 2.25. The minimum Gasteiger partial charge on any atom is -0.489 e. The van der Waals surface area contributed by atoms with E-state index in [1.165, 1.54) is 12.1 Å². The average Bonchev–Trinajstić information content (AvgIpc) is 2.73. The fourth-order valence-corrected chi connectivity index (χ4v) is 2.93. The van der Waals surface area contributed by atoms with Gasteiger partial charge in [0, 0.05) is 17.7 Å². The van der Waals surface area contributed by atoms with Crippen LogP contribution in [0.4, 0.5) is 0 Å². The van der Waals surface area contributed by atoms with Gasteiger partial charge in [0.15, 0.2) is 5.43 Å². The molecule has 0 fully saturated rings. The highest BCUT2D eigenvalue weighted by Gasteiger charge is 2.09. The SMILES string of the molecule is O=C(O)c1cccc(COc2ccc3c(=O)cc(-c4ccccc4)oc3c2)c1. The Bertz CT molecular complexity index is 1210. The Labute approximate surface area is 160 Å². The van der Waals surface area contributed by atoms with Crippen molar-refractivity contribution in [1.82, 2.24) is 0 Å². The number of aromatic carboxylic acids is 1. The third-order valence-corrected chi connectivity index (χ3v) is 4.34. The number of carboxylic acid groups (broad SMARTS) is 1. The van der Waals surface area contributed by atoms with E-state index in [1.54, 1.807) is 36.4 Å². The van der Waals surface area contributed by atoms with Crippen LogP contribution in [0.25, 0.3) is 22.3 Å². The fourth-order valence-electron chi connectivity index (χ4n) is 2.93. The van der Waals surface area contributed by atoms with E-state index < -0.39 is 5.97 Å². The average molecular weight is 372 g/mol. The molecule has 0 radical (unpaired) electrons. The zero-order chi connectivity index (χ0) is 19.5. The molecule has 5 heteroatoms. The molecule has 1 heterocycles. The smallest absolute Gasteiger partial charge is 0.335 e. The van der Waals surface area contributed by atoms with Crippen molar-refractivity contribution in [3.8, 4) is 17.1 Å². The molecular formula is C23H16O5. The quantitative estimate of drug-likeness (QED) is 0.548. The predicted molar refractivity (Wildman–Crippen MR) is 106 cm³/mol. The van der Waals surface area contributed by atoms with Crippen molar-refractivity contribution < 1.29 is 19.1 Å². The van der Waals surface area contributed by atoms with Gasteiger partial charge in [0.05, 0.1) is 10.9 Å². The first-order valence-corrected chi connectivity index (χ1v) is 8.68. The fraction of sp³-hybridized carbons (Fsp3) is 0.0435. The van der Waals surface area contributed by atoms with Gasteiger partial charge in [0.2, 0.25) is 0 Å². The molecule has 0 spiro atoms. The summed E-state index contributed by atoms with van der Waals surface area (Å²) in [6, 6.07) is 22.5. The third kappa shape index (κ3) is 3.64. The number of carbonyl (C=O) groups is 1. The predicted octanol–water partition coefficient (Wildman–Crippen LogP) is 4.74. The lowest BCUT2D eigenvalue weighted by Crippen LogP contribution is -2.02. The third-order valence-electron chi connectivity index (χ3n) is 4.34. The zero-order valence-electron chi connectivity index (χ0n) is 14.8. The number of ether oxygens (including phenoxy) is 1. The van der Waals surface area contributed by atoms with Crippen LogP contribution >= 0.6 is 0 Å². The lowest BCUT2D eigenvalue weighted by molar-refractivity contribution is 0.0696. The van der Waals surface area contributed by atoms with E-state index in [4.69, 9.17) is 14.3 Å². The van der Waals surface area contributed by atoms with Crippen LogP contribution in [-0.4, -0.2) is 11.1 Å². The van der Waals surface area contributed by atoms with E-state index in [2.05, 4.69) is 0 Å². The number of fused-ring (bicyclic) bond motifs is 1. The molecule has 1 aromatic heterocycles. The monoisotopic (exact) mass is 372 g/mol. The molecule has 28 heavy (non-hydrogen) atoms. The van der Waals surface area contributed by atoms with Crippen LogP contribution in [0.3, 0.4) is 0 Å². The van der Waals surface area contributed by atoms with Gasteiger partial charge in [0.1, 0.15) is 23.7 Å². The minimum absolute atomic E-state index is 0.124. The largest absolute Gasteiger partial charge is 0.489 e. The van der Waals surface area contributed by atoms with Crippen molar-refractivity contribution >= 4 is 16.9 Å². The van der Waals surface area contributed by atoms with Gasteiger partial charge in [0.25, 0.3) is 0 Å². The summed E-state index contributed by atoms with van der Waals surface area (Å²) < 4.78 is 11.7. The van der Waals surface area contributed by atoms with Crippen LogP contribution in [0.15, 0.2) is 88.1 Å². The van der Waals surface area contributed by atoms with Crippen LogP contribution in [-0.2, 0) is 6.61 Å². The standard InChI is InChI=1S/C23H16O5/c24-20-13-21(16-6-2-1-3-7-16)28-22-12-18(9-10-19(20)22)27-14-15-5-4-8-17(11-15)23(25)26/h1-13H,14H2,(H,25,26). The van der Waals surface area contributed by atoms with Crippen LogP contribution in [0.5, 0.6) is 5.75 Å². The van der Waals surface area contributed by atoms with E-state index in [0.29, 0.717) is 22.5 Å². The van der Waals surface area contributed by atoms with Gasteiger partial charge in [-0.15, -0.1) is 0 Å². The zero-order valence-corrected chi connectivity index (χ0v) is 14.8. The molecule has 4 rings (SSSR count). The Morgan fingerprint density at radius 1 is 0.929 bits per heavy atom. The van der Waals surface area contributed by atoms with Gasteiger partial charge >= 0.3 is 5.97 Å². The molecule has 0 atom stereocenters. The summed E-state index contributed by atoms with van der Waals surface area (Å²) in [6.07, 6.45) is 0. The van der Waals surface area contributed by atoms with Crippen LogP contribution < -0.4 is 10.2 Å². The maximum Gasteiger partial charge on any atom is 0.335 e. The summed E-state index contributed by atoms with van der Waals surface area (Å²) >= 11 is 0. The molecule has 0 amide bonds. The van der Waals surface area contributed by atoms with Crippen LogP contribution in [0, 0.1) is 0 Å². The first-order valence-electron chi connectivity index (χ1n) is 8.68. The molecule has 0 aliphatic carbocycles. The number of rotatable bonds is 5. The molecule has 0 bridgehead atoms. The Kier molecular flexibility index (Phi) is 4.64. The van der Waals surface area contributed by atoms with Crippen molar-refractivity contribution in [3.63, 3.8) is 0 Å². The summed E-state index contributed by atoms with van der Waals surface area (Å²) in [5.74, 6) is 0.0359. The molecule has 4 aromatic rings. The second-order valence-electron chi connectivity index (χ2n) is 6.29. The van der Waals surface area contributed by atoms with Crippen molar-refractivity contribution in [2.45, 2.75) is 6.61 Å². The second kappa shape index (κ2) is 7.40. The molecule has 0 unspecified atom stereocenters. The van der Waals surface area contributed by atoms with E-state index in [0.717, 1.165) is 11.1 Å². The van der Waals surface area contributed by atoms with E-state index in [9.17, 15) is 9.59 Å². The van der Waals surface area contributed by atoms with E-state index in [-0.39, 0.29) is 17.6 Å². The highest BCUT2D eigenvalue weighted by molar-refractivity contribution is 5.87. The second-order valence-corrected chi connectivity index (χ2v) is 6.29. The van der Waals surface area contributed by atoms with Crippen molar-refractivity contribution in [2.24, 2.45) is 0 Å². The molecule has 3 aromatic carbocycles. The first kappa shape index (κ1) is 17.5. The normalized spacial score (nSPS) is 10.7. The topological polar surface area (TPSA) is 76.7 Å². The maximum atomic E-state index is 12.4. The molecule has 0 aliphatic rings. The van der Waals surface area contributed by atoms with Gasteiger partial charge in [-0.1, -0.05) is 42.5 Å². The molecule has 138 valence electrons. The van der Waals surface area contributed by atoms with Gasteiger partial charge < -0.3 is 14.3 Å². The molecule has 1 N–H and O–H groups in total. The summed E-state index contributed by atoms with van der Waals surface area (Å²) in [7, 11) is 0. The van der Waals surface area contributed by atoms with Gasteiger partial charge in [-0.05, 0) is 29.8 Å². The van der Waals surface area contributed by atoms with Gasteiger partial charge in [-0.2, -0.15) is 0 Å². The Balaban J connectivity index is 1.63. The minimum atomic E-state index is -0.984. The summed E-state index contributed by atoms with van der Waals surface area (Å²) in [5, 5.41) is 9.55. The first-order chi connectivity index (χ1) is 13.6. The lowest BCUT2D eigenvalue weighted by Gasteiger charge is -2.08. The number of hydrogen-bond acceptors (Lipinski definition) is 4. The summed E-state index contributed by atoms with van der Waals surface area (Å²) in [4.78, 5) is 23.5. The summed E-state index contributed by atoms with van der Waals surface area (Å²) in [6.45, 7) is 0.204. The van der Waals surface area contributed by atoms with Crippen molar-refractivity contribution in [2.75, 3.05) is 0 Å². The molecule has 0 saturated carbocycles. The number of hydrogen-bond donors (Lipinski definition) is 1. The van der Waals surface area contributed by atoms with Crippen molar-refractivity contribution in [3.05, 3.63) is 100 Å². The molecular weight excluding hydrogens is 356 g/mol. The van der Waals surface area contributed by atoms with Gasteiger partial charge in [-0.3, -0.25) is 4.79 Å².